The second-order valence-electron chi connectivity index (χ2n) is 6.10. The molecule has 0 spiro atoms. The number of nitrogens with one attached hydrogen (secondary N) is 1. The second-order valence-corrected chi connectivity index (χ2v) is 6.10. The van der Waals surface area contributed by atoms with Crippen LogP contribution in [-0.4, -0.2) is 37.9 Å². The molecule has 1 aliphatic rings. The van der Waals surface area contributed by atoms with Crippen molar-refractivity contribution in [2.24, 2.45) is 0 Å². The molecule has 2 aromatic rings. The van der Waals surface area contributed by atoms with Crippen molar-refractivity contribution in [1.82, 2.24) is 20.1 Å². The van der Waals surface area contributed by atoms with Crippen molar-refractivity contribution < 1.29 is 9.90 Å². The minimum Gasteiger partial charge on any atom is -0.391 e. The summed E-state index contributed by atoms with van der Waals surface area (Å²) < 4.78 is 1.75. The maximum atomic E-state index is 12.3. The Hall–Kier alpha value is -2.21. The zero-order chi connectivity index (χ0) is 16.4. The van der Waals surface area contributed by atoms with E-state index >= 15 is 0 Å². The molecule has 1 aromatic heterocycles. The number of aryl methyl sites for hydroxylation is 2. The summed E-state index contributed by atoms with van der Waals surface area (Å²) in [5.74, 6) is 1.38. The van der Waals surface area contributed by atoms with Crippen LogP contribution in [0.15, 0.2) is 24.3 Å². The number of carbonyl (C=O) groups is 1. The molecule has 6 nitrogen and oxygen atoms in total. The van der Waals surface area contributed by atoms with E-state index in [2.05, 4.69) is 15.4 Å². The first kappa shape index (κ1) is 15.7. The van der Waals surface area contributed by atoms with Crippen LogP contribution in [0.4, 0.5) is 0 Å². The van der Waals surface area contributed by atoms with Crippen LogP contribution in [0.3, 0.4) is 0 Å². The van der Waals surface area contributed by atoms with Gasteiger partial charge < -0.3 is 10.4 Å². The molecule has 3 rings (SSSR count). The summed E-state index contributed by atoms with van der Waals surface area (Å²) in [6, 6.07) is 7.11. The number of amides is 1. The Morgan fingerprint density at radius 1 is 1.22 bits per heavy atom. The van der Waals surface area contributed by atoms with E-state index in [1.165, 1.54) is 0 Å². The summed E-state index contributed by atoms with van der Waals surface area (Å²) in [5.41, 5.74) is 1.46. The molecule has 2 unspecified atom stereocenters. The van der Waals surface area contributed by atoms with Crippen LogP contribution in [0, 0.1) is 13.8 Å². The molecule has 2 N–H and O–H groups in total. The summed E-state index contributed by atoms with van der Waals surface area (Å²) in [6.45, 7) is 3.74. The average molecular weight is 314 g/mol. The first-order chi connectivity index (χ1) is 11.0. The lowest BCUT2D eigenvalue weighted by Crippen LogP contribution is -2.45. The van der Waals surface area contributed by atoms with E-state index in [0.717, 1.165) is 43.0 Å². The SMILES string of the molecule is Cc1nc(C)n(-c2ccc(C(=O)NC3CCCCC3O)cc2)n1. The van der Waals surface area contributed by atoms with Crippen molar-refractivity contribution in [3.8, 4) is 5.69 Å². The number of aliphatic hydroxyl groups is 1. The van der Waals surface area contributed by atoms with Gasteiger partial charge in [0.2, 0.25) is 0 Å². The molecule has 1 amide bonds. The van der Waals surface area contributed by atoms with Crippen molar-refractivity contribution in [2.75, 3.05) is 0 Å². The van der Waals surface area contributed by atoms with Crippen molar-refractivity contribution in [1.29, 1.82) is 0 Å². The summed E-state index contributed by atoms with van der Waals surface area (Å²) in [6.07, 6.45) is 3.23. The van der Waals surface area contributed by atoms with Gasteiger partial charge in [0.1, 0.15) is 11.6 Å². The number of carbonyl (C=O) groups excluding carboxylic acids is 1. The molecule has 0 bridgehead atoms. The third-order valence-corrected chi connectivity index (χ3v) is 4.29. The highest BCUT2D eigenvalue weighted by molar-refractivity contribution is 5.94. The van der Waals surface area contributed by atoms with Crippen molar-refractivity contribution in [3.05, 3.63) is 41.5 Å². The summed E-state index contributed by atoms with van der Waals surface area (Å²) in [4.78, 5) is 16.6. The highest BCUT2D eigenvalue weighted by Crippen LogP contribution is 2.19. The minimum absolute atomic E-state index is 0.142. The van der Waals surface area contributed by atoms with E-state index in [1.54, 1.807) is 16.8 Å². The van der Waals surface area contributed by atoms with Gasteiger partial charge in [0.15, 0.2) is 0 Å². The summed E-state index contributed by atoms with van der Waals surface area (Å²) in [7, 11) is 0. The molecule has 2 atom stereocenters. The maximum Gasteiger partial charge on any atom is 0.251 e. The van der Waals surface area contributed by atoms with E-state index in [1.807, 2.05) is 26.0 Å². The lowest BCUT2D eigenvalue weighted by atomic mass is 9.92. The average Bonchev–Trinajstić information content (AvgIpc) is 2.88. The number of hydrogen-bond donors (Lipinski definition) is 2. The number of aliphatic hydroxyl groups excluding tert-OH is 1. The van der Waals surface area contributed by atoms with Gasteiger partial charge in [0.05, 0.1) is 17.8 Å². The molecule has 23 heavy (non-hydrogen) atoms. The van der Waals surface area contributed by atoms with Gasteiger partial charge in [-0.1, -0.05) is 12.8 Å². The zero-order valence-electron chi connectivity index (χ0n) is 13.5. The quantitative estimate of drug-likeness (QED) is 0.907. The van der Waals surface area contributed by atoms with E-state index in [0.29, 0.717) is 5.56 Å². The van der Waals surface area contributed by atoms with Crippen LogP contribution in [0.25, 0.3) is 5.69 Å². The Morgan fingerprint density at radius 2 is 1.91 bits per heavy atom. The predicted molar refractivity (Wildman–Crippen MR) is 86.6 cm³/mol. The lowest BCUT2D eigenvalue weighted by Gasteiger charge is -2.28. The smallest absolute Gasteiger partial charge is 0.251 e. The van der Waals surface area contributed by atoms with Crippen molar-refractivity contribution in [2.45, 2.75) is 51.7 Å². The first-order valence-corrected chi connectivity index (χ1v) is 8.04. The standard InChI is InChI=1S/C17H22N4O2/c1-11-18-12(2)21(20-11)14-9-7-13(8-10-14)17(23)19-15-5-3-4-6-16(15)22/h7-10,15-16,22H,3-6H2,1-2H3,(H,19,23). The molecule has 0 aliphatic heterocycles. The zero-order valence-corrected chi connectivity index (χ0v) is 13.5. The van der Waals surface area contributed by atoms with Crippen LogP contribution >= 0.6 is 0 Å². The first-order valence-electron chi connectivity index (χ1n) is 8.04. The molecule has 6 heteroatoms. The van der Waals surface area contributed by atoms with E-state index < -0.39 is 6.10 Å². The minimum atomic E-state index is -0.437. The van der Waals surface area contributed by atoms with Gasteiger partial charge in [-0.05, 0) is 51.0 Å². The third kappa shape index (κ3) is 3.42. The Labute approximate surface area is 135 Å². The van der Waals surface area contributed by atoms with Gasteiger partial charge in [-0.3, -0.25) is 4.79 Å². The lowest BCUT2D eigenvalue weighted by molar-refractivity contribution is 0.0717. The molecule has 1 heterocycles. The van der Waals surface area contributed by atoms with Crippen LogP contribution in [0.5, 0.6) is 0 Å². The van der Waals surface area contributed by atoms with Crippen LogP contribution in [0.2, 0.25) is 0 Å². The number of nitrogens with zero attached hydrogens (tertiary/aromatic N) is 3. The molecule has 1 saturated carbocycles. The summed E-state index contributed by atoms with van der Waals surface area (Å²) in [5, 5.41) is 17.2. The Kier molecular flexibility index (Phi) is 4.43. The number of benzene rings is 1. The van der Waals surface area contributed by atoms with E-state index in [4.69, 9.17) is 0 Å². The van der Waals surface area contributed by atoms with Crippen LogP contribution < -0.4 is 5.32 Å². The molecule has 122 valence electrons. The molecular formula is C17H22N4O2. The fraction of sp³-hybridized carbons (Fsp3) is 0.471. The van der Waals surface area contributed by atoms with Crippen LogP contribution in [0.1, 0.15) is 47.7 Å². The molecule has 1 aliphatic carbocycles. The normalized spacial score (nSPS) is 21.2. The third-order valence-electron chi connectivity index (χ3n) is 4.29. The van der Waals surface area contributed by atoms with Gasteiger partial charge in [-0.15, -0.1) is 0 Å². The fourth-order valence-corrected chi connectivity index (χ4v) is 3.05. The monoisotopic (exact) mass is 314 g/mol. The summed E-state index contributed by atoms with van der Waals surface area (Å²) >= 11 is 0. The highest BCUT2D eigenvalue weighted by atomic mass is 16.3. The molecular weight excluding hydrogens is 292 g/mol. The Morgan fingerprint density at radius 3 is 2.52 bits per heavy atom. The van der Waals surface area contributed by atoms with Gasteiger partial charge in [0, 0.05) is 5.56 Å². The van der Waals surface area contributed by atoms with Gasteiger partial charge >= 0.3 is 0 Å². The van der Waals surface area contributed by atoms with Gasteiger partial charge in [-0.25, -0.2) is 9.67 Å². The molecule has 1 fully saturated rings. The largest absolute Gasteiger partial charge is 0.391 e. The van der Waals surface area contributed by atoms with Crippen molar-refractivity contribution >= 4 is 5.91 Å². The van der Waals surface area contributed by atoms with Crippen LogP contribution in [-0.2, 0) is 0 Å². The Balaban J connectivity index is 1.71. The fourth-order valence-electron chi connectivity index (χ4n) is 3.05. The maximum absolute atomic E-state index is 12.3. The molecule has 0 radical (unpaired) electrons. The number of rotatable bonds is 3. The number of hydrogen-bond acceptors (Lipinski definition) is 4. The second kappa shape index (κ2) is 6.50. The topological polar surface area (TPSA) is 80.0 Å². The molecule has 0 saturated heterocycles. The van der Waals surface area contributed by atoms with Crippen molar-refractivity contribution in [3.63, 3.8) is 0 Å². The molecule has 1 aromatic carbocycles. The van der Waals surface area contributed by atoms with Gasteiger partial charge in [0.25, 0.3) is 5.91 Å². The van der Waals surface area contributed by atoms with E-state index in [9.17, 15) is 9.90 Å². The van der Waals surface area contributed by atoms with Gasteiger partial charge in [-0.2, -0.15) is 5.10 Å². The highest BCUT2D eigenvalue weighted by Gasteiger charge is 2.24. The van der Waals surface area contributed by atoms with E-state index in [-0.39, 0.29) is 11.9 Å². The predicted octanol–water partition coefficient (Wildman–Crippen LogP) is 1.92. The number of aromatic nitrogens is 3. The Bertz CT molecular complexity index is 693.